The summed E-state index contributed by atoms with van der Waals surface area (Å²) in [5.41, 5.74) is 11.8. The summed E-state index contributed by atoms with van der Waals surface area (Å²) in [7, 11) is 0. The zero-order valence-corrected chi connectivity index (χ0v) is 13.8. The molecule has 2 aromatic rings. The van der Waals surface area contributed by atoms with Gasteiger partial charge >= 0.3 is 0 Å². The molecule has 21 heavy (non-hydrogen) atoms. The van der Waals surface area contributed by atoms with E-state index in [4.69, 9.17) is 11.6 Å². The van der Waals surface area contributed by atoms with E-state index in [0.717, 1.165) is 22.4 Å². The van der Waals surface area contributed by atoms with E-state index in [-0.39, 0.29) is 5.91 Å². The van der Waals surface area contributed by atoms with Gasteiger partial charge in [-0.3, -0.25) is 10.2 Å². The molecule has 5 N–H and O–H groups in total. The standard InChI is InChI=1S/C12H11N3OS.2C2H6/c13-11-10(12(16)15-14)9-7-4-2-1-3-6(7)5-8(9)17-11;2*1-2/h1-4H,5,13-14H2,(H,15,16);2*1-2H3. The smallest absolute Gasteiger partial charge is 0.268 e. The number of carbonyl (C=O) groups excluding carboxylic acids is 1. The Labute approximate surface area is 130 Å². The van der Waals surface area contributed by atoms with Crippen LogP contribution in [0.5, 0.6) is 0 Å². The van der Waals surface area contributed by atoms with Crippen molar-refractivity contribution in [2.24, 2.45) is 5.84 Å². The third-order valence-corrected chi connectivity index (χ3v) is 4.02. The Morgan fingerprint density at radius 2 is 1.81 bits per heavy atom. The van der Waals surface area contributed by atoms with Crippen molar-refractivity contribution in [3.05, 3.63) is 40.3 Å². The number of hydrogen-bond acceptors (Lipinski definition) is 4. The number of nitrogens with two attached hydrogens (primary N) is 2. The molecule has 1 amide bonds. The lowest BCUT2D eigenvalue weighted by Gasteiger charge is -2.04. The zero-order valence-electron chi connectivity index (χ0n) is 13.0. The van der Waals surface area contributed by atoms with E-state index in [9.17, 15) is 4.79 Å². The first-order chi connectivity index (χ1) is 10.2. The van der Waals surface area contributed by atoms with Gasteiger partial charge < -0.3 is 5.73 Å². The average molecular weight is 305 g/mol. The third kappa shape index (κ3) is 3.09. The van der Waals surface area contributed by atoms with Crippen molar-refractivity contribution >= 4 is 22.2 Å². The first kappa shape index (κ1) is 17.2. The highest BCUT2D eigenvalue weighted by molar-refractivity contribution is 7.17. The van der Waals surface area contributed by atoms with Gasteiger partial charge in [-0.25, -0.2) is 5.84 Å². The molecule has 1 aliphatic rings. The lowest BCUT2D eigenvalue weighted by Crippen LogP contribution is -2.30. The number of nitrogens with one attached hydrogen (secondary N) is 1. The molecule has 0 spiro atoms. The summed E-state index contributed by atoms with van der Waals surface area (Å²) >= 11 is 1.47. The Bertz CT molecular complexity index is 620. The minimum absolute atomic E-state index is 0.322. The summed E-state index contributed by atoms with van der Waals surface area (Å²) in [4.78, 5) is 12.9. The van der Waals surface area contributed by atoms with Crippen molar-refractivity contribution in [1.82, 2.24) is 5.43 Å². The van der Waals surface area contributed by atoms with Gasteiger partial charge in [-0.05, 0) is 11.1 Å². The van der Waals surface area contributed by atoms with Gasteiger partial charge in [-0.15, -0.1) is 11.3 Å². The summed E-state index contributed by atoms with van der Waals surface area (Å²) in [5, 5.41) is 0.535. The molecule has 0 bridgehead atoms. The first-order valence-corrected chi connectivity index (χ1v) is 8.04. The molecular formula is C16H23N3OS. The summed E-state index contributed by atoms with van der Waals surface area (Å²) in [5.74, 6) is 4.87. The Hall–Kier alpha value is -1.85. The molecule has 5 heteroatoms. The van der Waals surface area contributed by atoms with Gasteiger partial charge in [-0.1, -0.05) is 52.0 Å². The number of carbonyl (C=O) groups is 1. The van der Waals surface area contributed by atoms with Gasteiger partial charge in [0.1, 0.15) is 0 Å². The van der Waals surface area contributed by atoms with Gasteiger partial charge in [0.05, 0.1) is 10.6 Å². The molecule has 1 heterocycles. The van der Waals surface area contributed by atoms with Crippen molar-refractivity contribution in [1.29, 1.82) is 0 Å². The monoisotopic (exact) mass is 305 g/mol. The predicted molar refractivity (Wildman–Crippen MR) is 91.3 cm³/mol. The highest BCUT2D eigenvalue weighted by Gasteiger charge is 2.28. The molecule has 3 rings (SSSR count). The van der Waals surface area contributed by atoms with E-state index in [2.05, 4.69) is 11.5 Å². The lowest BCUT2D eigenvalue weighted by atomic mass is 10.0. The van der Waals surface area contributed by atoms with E-state index in [1.807, 2.05) is 45.9 Å². The van der Waals surface area contributed by atoms with Crippen LogP contribution in [0.3, 0.4) is 0 Å². The maximum atomic E-state index is 11.8. The predicted octanol–water partition coefficient (Wildman–Crippen LogP) is 3.56. The number of amides is 1. The van der Waals surface area contributed by atoms with Gasteiger partial charge in [0, 0.05) is 16.9 Å². The lowest BCUT2D eigenvalue weighted by molar-refractivity contribution is 0.0955. The van der Waals surface area contributed by atoms with Crippen molar-refractivity contribution < 1.29 is 4.79 Å². The van der Waals surface area contributed by atoms with Crippen LogP contribution in [0.25, 0.3) is 11.1 Å². The molecule has 114 valence electrons. The number of thiophene rings is 1. The number of fused-ring (bicyclic) bond motifs is 3. The fourth-order valence-electron chi connectivity index (χ4n) is 2.30. The number of benzene rings is 1. The van der Waals surface area contributed by atoms with Crippen molar-refractivity contribution in [2.45, 2.75) is 34.1 Å². The van der Waals surface area contributed by atoms with E-state index in [1.54, 1.807) is 0 Å². The van der Waals surface area contributed by atoms with E-state index in [1.165, 1.54) is 16.9 Å². The van der Waals surface area contributed by atoms with Crippen LogP contribution in [-0.2, 0) is 6.42 Å². The number of rotatable bonds is 1. The van der Waals surface area contributed by atoms with Gasteiger partial charge in [0.15, 0.2) is 0 Å². The first-order valence-electron chi connectivity index (χ1n) is 7.22. The maximum absolute atomic E-state index is 11.8. The second-order valence-electron chi connectivity index (χ2n) is 3.95. The SMILES string of the molecule is CC.CC.NNC(=O)c1c(N)sc2c1-c1ccccc1C2. The number of hydrogen-bond donors (Lipinski definition) is 3. The number of nitrogen functional groups attached to an aromatic ring is 2. The Morgan fingerprint density at radius 1 is 1.19 bits per heavy atom. The number of anilines is 1. The molecule has 1 aliphatic carbocycles. The summed E-state index contributed by atoms with van der Waals surface area (Å²) in [6, 6.07) is 8.05. The Kier molecular flexibility index (Phi) is 6.39. The maximum Gasteiger partial charge on any atom is 0.268 e. The van der Waals surface area contributed by atoms with Crippen LogP contribution in [-0.4, -0.2) is 5.91 Å². The summed E-state index contributed by atoms with van der Waals surface area (Å²) in [6.07, 6.45) is 0.845. The van der Waals surface area contributed by atoms with E-state index < -0.39 is 0 Å². The fraction of sp³-hybridized carbons (Fsp3) is 0.312. The second kappa shape index (κ2) is 7.81. The van der Waals surface area contributed by atoms with Gasteiger partial charge in [-0.2, -0.15) is 0 Å². The largest absolute Gasteiger partial charge is 0.390 e. The van der Waals surface area contributed by atoms with Crippen LogP contribution in [0.1, 0.15) is 48.5 Å². The average Bonchev–Trinajstić information content (AvgIpc) is 3.05. The third-order valence-electron chi connectivity index (χ3n) is 3.00. The highest BCUT2D eigenvalue weighted by Crippen LogP contribution is 2.46. The zero-order chi connectivity index (χ0) is 16.0. The van der Waals surface area contributed by atoms with Crippen LogP contribution in [0.2, 0.25) is 0 Å². The topological polar surface area (TPSA) is 81.1 Å². The minimum atomic E-state index is -0.322. The van der Waals surface area contributed by atoms with Crippen molar-refractivity contribution in [2.75, 3.05) is 5.73 Å². The van der Waals surface area contributed by atoms with Crippen molar-refractivity contribution in [3.63, 3.8) is 0 Å². The normalized spacial score (nSPS) is 10.3. The van der Waals surface area contributed by atoms with Crippen LogP contribution < -0.4 is 17.0 Å². The van der Waals surface area contributed by atoms with Crippen LogP contribution in [0, 0.1) is 0 Å². The fourth-order valence-corrected chi connectivity index (χ4v) is 3.40. The van der Waals surface area contributed by atoms with Gasteiger partial charge in [0.25, 0.3) is 5.91 Å². The molecule has 0 atom stereocenters. The summed E-state index contributed by atoms with van der Waals surface area (Å²) in [6.45, 7) is 8.00. The van der Waals surface area contributed by atoms with Crippen LogP contribution >= 0.6 is 11.3 Å². The molecule has 0 saturated carbocycles. The highest BCUT2D eigenvalue weighted by atomic mass is 32.1. The molecule has 0 unspecified atom stereocenters. The van der Waals surface area contributed by atoms with Crippen LogP contribution in [0.15, 0.2) is 24.3 Å². The molecule has 0 aliphatic heterocycles. The Morgan fingerprint density at radius 3 is 2.43 bits per heavy atom. The van der Waals surface area contributed by atoms with E-state index >= 15 is 0 Å². The van der Waals surface area contributed by atoms with Gasteiger partial charge in [0.2, 0.25) is 0 Å². The summed E-state index contributed by atoms with van der Waals surface area (Å²) < 4.78 is 0. The molecule has 0 radical (unpaired) electrons. The van der Waals surface area contributed by atoms with E-state index in [0.29, 0.717) is 10.6 Å². The number of hydrazine groups is 1. The Balaban J connectivity index is 0.000000510. The molecule has 1 aromatic carbocycles. The molecule has 0 fully saturated rings. The minimum Gasteiger partial charge on any atom is -0.390 e. The van der Waals surface area contributed by atoms with Crippen LogP contribution in [0.4, 0.5) is 5.00 Å². The second-order valence-corrected chi connectivity index (χ2v) is 5.08. The molecule has 4 nitrogen and oxygen atoms in total. The molecular weight excluding hydrogens is 282 g/mol. The van der Waals surface area contributed by atoms with Crippen molar-refractivity contribution in [3.8, 4) is 11.1 Å². The molecule has 0 saturated heterocycles. The quantitative estimate of drug-likeness (QED) is 0.365. The molecule has 1 aromatic heterocycles.